The lowest BCUT2D eigenvalue weighted by Crippen LogP contribution is -2.04. The molecule has 0 aliphatic carbocycles. The van der Waals surface area contributed by atoms with Crippen LogP contribution >= 0.6 is 54.8 Å². The Morgan fingerprint density at radius 1 is 1.30 bits per heavy atom. The van der Waals surface area contributed by atoms with Crippen LogP contribution in [0.4, 0.5) is 0 Å². The van der Waals surface area contributed by atoms with Crippen LogP contribution in [-0.2, 0) is 6.54 Å². The smallest absolute Gasteiger partial charge is 0.128 e. The van der Waals surface area contributed by atoms with Crippen LogP contribution in [0.2, 0.25) is 0 Å². The van der Waals surface area contributed by atoms with E-state index in [4.69, 9.17) is 11.6 Å². The first kappa shape index (κ1) is 14.6. The number of aromatic nitrogens is 2. The van der Waals surface area contributed by atoms with Gasteiger partial charge in [0.05, 0.1) is 26.7 Å². The summed E-state index contributed by atoms with van der Waals surface area (Å²) in [5, 5.41) is -0.121. The van der Waals surface area contributed by atoms with Crippen LogP contribution in [0.1, 0.15) is 23.0 Å². The van der Waals surface area contributed by atoms with Gasteiger partial charge in [-0.05, 0) is 53.2 Å². The summed E-state index contributed by atoms with van der Waals surface area (Å²) in [7, 11) is 0. The van der Waals surface area contributed by atoms with E-state index >= 15 is 0 Å². The van der Waals surface area contributed by atoms with Gasteiger partial charge in [0, 0.05) is 9.35 Å². The molecular weight excluding hydrogens is 423 g/mol. The number of imidazole rings is 1. The first-order chi connectivity index (χ1) is 9.54. The Hall–Kier alpha value is -0.360. The first-order valence-corrected chi connectivity index (χ1v) is 8.92. The van der Waals surface area contributed by atoms with Crippen LogP contribution < -0.4 is 0 Å². The van der Waals surface area contributed by atoms with Crippen LogP contribution in [0.3, 0.4) is 0 Å². The van der Waals surface area contributed by atoms with E-state index in [2.05, 4.69) is 59.6 Å². The Labute approximate surface area is 143 Å². The van der Waals surface area contributed by atoms with Gasteiger partial charge in [-0.2, -0.15) is 0 Å². The van der Waals surface area contributed by atoms with E-state index in [1.54, 1.807) is 11.3 Å². The van der Waals surface area contributed by atoms with Gasteiger partial charge in [-0.1, -0.05) is 15.9 Å². The summed E-state index contributed by atoms with van der Waals surface area (Å²) in [6.45, 7) is 2.75. The van der Waals surface area contributed by atoms with E-state index in [1.165, 1.54) is 4.88 Å². The molecule has 0 bridgehead atoms. The SMILES string of the molecule is CC(Cl)c1nc2cc(Br)ccc2n1Cc1ccc(Br)s1. The van der Waals surface area contributed by atoms with Crippen LogP contribution in [0.5, 0.6) is 0 Å². The van der Waals surface area contributed by atoms with Gasteiger partial charge in [0.2, 0.25) is 0 Å². The summed E-state index contributed by atoms with van der Waals surface area (Å²) in [5.74, 6) is 0.907. The molecule has 2 aromatic heterocycles. The highest BCUT2D eigenvalue weighted by Gasteiger charge is 2.16. The fourth-order valence-corrected chi connectivity index (χ4v) is 4.17. The molecule has 3 aromatic rings. The third-order valence-electron chi connectivity index (χ3n) is 3.04. The third-order valence-corrected chi connectivity index (χ3v) is 5.34. The highest BCUT2D eigenvalue weighted by atomic mass is 79.9. The van der Waals surface area contributed by atoms with Crippen molar-refractivity contribution in [3.05, 3.63) is 49.3 Å². The van der Waals surface area contributed by atoms with Gasteiger partial charge in [0.1, 0.15) is 5.82 Å². The lowest BCUT2D eigenvalue weighted by molar-refractivity contribution is 0.750. The van der Waals surface area contributed by atoms with Crippen molar-refractivity contribution >= 4 is 65.8 Å². The highest BCUT2D eigenvalue weighted by Crippen LogP contribution is 2.29. The molecule has 104 valence electrons. The lowest BCUT2D eigenvalue weighted by Gasteiger charge is -2.09. The molecule has 1 atom stereocenters. The minimum atomic E-state index is -0.121. The Balaban J connectivity index is 2.13. The van der Waals surface area contributed by atoms with Crippen LogP contribution in [0, 0.1) is 0 Å². The number of benzene rings is 1. The third kappa shape index (κ3) is 2.82. The monoisotopic (exact) mass is 432 g/mol. The maximum atomic E-state index is 6.29. The minimum Gasteiger partial charge on any atom is -0.321 e. The Morgan fingerprint density at radius 3 is 2.75 bits per heavy atom. The molecule has 0 N–H and O–H groups in total. The van der Waals surface area contributed by atoms with E-state index < -0.39 is 0 Å². The minimum absolute atomic E-state index is 0.121. The van der Waals surface area contributed by atoms with E-state index in [1.807, 2.05) is 19.1 Å². The summed E-state index contributed by atoms with van der Waals surface area (Å²) in [4.78, 5) is 5.95. The van der Waals surface area contributed by atoms with Crippen LogP contribution in [-0.4, -0.2) is 9.55 Å². The van der Waals surface area contributed by atoms with E-state index in [9.17, 15) is 0 Å². The number of rotatable bonds is 3. The molecule has 6 heteroatoms. The molecule has 0 spiro atoms. The molecule has 0 fully saturated rings. The molecule has 1 aromatic carbocycles. The van der Waals surface area contributed by atoms with Crippen molar-refractivity contribution < 1.29 is 0 Å². The molecule has 3 rings (SSSR count). The van der Waals surface area contributed by atoms with Gasteiger partial charge in [0.15, 0.2) is 0 Å². The molecule has 0 aliphatic heterocycles. The second-order valence-electron chi connectivity index (χ2n) is 4.51. The predicted molar refractivity (Wildman–Crippen MR) is 92.8 cm³/mol. The number of hydrogen-bond donors (Lipinski definition) is 0. The van der Waals surface area contributed by atoms with Gasteiger partial charge >= 0.3 is 0 Å². The summed E-state index contributed by atoms with van der Waals surface area (Å²) >= 11 is 15.0. The van der Waals surface area contributed by atoms with Gasteiger partial charge in [-0.3, -0.25) is 0 Å². The van der Waals surface area contributed by atoms with Crippen molar-refractivity contribution in [3.63, 3.8) is 0 Å². The molecule has 0 radical (unpaired) electrons. The van der Waals surface area contributed by atoms with Crippen molar-refractivity contribution in [1.29, 1.82) is 0 Å². The number of thiophene rings is 1. The van der Waals surface area contributed by atoms with Gasteiger partial charge in [0.25, 0.3) is 0 Å². The van der Waals surface area contributed by atoms with Crippen molar-refractivity contribution in [1.82, 2.24) is 9.55 Å². The zero-order valence-electron chi connectivity index (χ0n) is 10.6. The Bertz CT molecular complexity index is 764. The molecule has 2 nitrogen and oxygen atoms in total. The first-order valence-electron chi connectivity index (χ1n) is 6.08. The van der Waals surface area contributed by atoms with E-state index in [-0.39, 0.29) is 5.38 Å². The van der Waals surface area contributed by atoms with Crippen molar-refractivity contribution in [3.8, 4) is 0 Å². The maximum Gasteiger partial charge on any atom is 0.128 e. The largest absolute Gasteiger partial charge is 0.321 e. The summed E-state index contributed by atoms with van der Waals surface area (Å²) in [6, 6.07) is 10.3. The molecule has 0 amide bonds. The average molecular weight is 435 g/mol. The average Bonchev–Trinajstić information content (AvgIpc) is 2.94. The fourth-order valence-electron chi connectivity index (χ4n) is 2.18. The normalized spacial score (nSPS) is 13.0. The van der Waals surface area contributed by atoms with Crippen molar-refractivity contribution in [2.75, 3.05) is 0 Å². The zero-order chi connectivity index (χ0) is 14.3. The zero-order valence-corrected chi connectivity index (χ0v) is 15.4. The van der Waals surface area contributed by atoms with Crippen LogP contribution in [0.25, 0.3) is 11.0 Å². The number of alkyl halides is 1. The van der Waals surface area contributed by atoms with Crippen molar-refractivity contribution in [2.24, 2.45) is 0 Å². The lowest BCUT2D eigenvalue weighted by atomic mass is 10.3. The number of halogens is 3. The second-order valence-corrected chi connectivity index (χ2v) is 8.63. The molecule has 20 heavy (non-hydrogen) atoms. The fraction of sp³-hybridized carbons (Fsp3) is 0.214. The van der Waals surface area contributed by atoms with Gasteiger partial charge in [-0.15, -0.1) is 22.9 Å². The Morgan fingerprint density at radius 2 is 2.10 bits per heavy atom. The quantitative estimate of drug-likeness (QED) is 0.464. The van der Waals surface area contributed by atoms with Crippen molar-refractivity contribution in [2.45, 2.75) is 18.8 Å². The number of fused-ring (bicyclic) bond motifs is 1. The van der Waals surface area contributed by atoms with E-state index in [0.717, 1.165) is 31.7 Å². The number of hydrogen-bond acceptors (Lipinski definition) is 2. The molecule has 2 heterocycles. The number of nitrogens with zero attached hydrogens (tertiary/aromatic N) is 2. The summed E-state index contributed by atoms with van der Waals surface area (Å²) in [5.41, 5.74) is 2.08. The Kier molecular flexibility index (Phi) is 4.22. The molecule has 1 unspecified atom stereocenters. The van der Waals surface area contributed by atoms with Gasteiger partial charge in [-0.25, -0.2) is 4.98 Å². The topological polar surface area (TPSA) is 17.8 Å². The maximum absolute atomic E-state index is 6.29. The summed E-state index contributed by atoms with van der Waals surface area (Å²) < 4.78 is 4.36. The molecule has 0 saturated heterocycles. The summed E-state index contributed by atoms with van der Waals surface area (Å²) in [6.07, 6.45) is 0. The molecule has 0 aliphatic rings. The molecular formula is C14H11Br2ClN2S. The van der Waals surface area contributed by atoms with Crippen LogP contribution in [0.15, 0.2) is 38.6 Å². The predicted octanol–water partition coefficient (Wildman–Crippen LogP) is 5.97. The van der Waals surface area contributed by atoms with Gasteiger partial charge < -0.3 is 4.57 Å². The van der Waals surface area contributed by atoms with E-state index in [0.29, 0.717) is 0 Å². The standard InChI is InChI=1S/C14H11Br2ClN2S/c1-8(17)14-18-11-6-9(15)2-4-12(11)19(14)7-10-3-5-13(16)20-10/h2-6,8H,7H2,1H3. The molecule has 0 saturated carbocycles. The highest BCUT2D eigenvalue weighted by molar-refractivity contribution is 9.11. The second kappa shape index (κ2) is 5.79.